The van der Waals surface area contributed by atoms with Crippen LogP contribution in [0.3, 0.4) is 0 Å². The van der Waals surface area contributed by atoms with Gasteiger partial charge in [0, 0.05) is 12.6 Å². The first-order valence-corrected chi connectivity index (χ1v) is 5.86. The number of nitrogen functional groups attached to an aromatic ring is 2. The minimum absolute atomic E-state index is 0.112. The third-order valence-corrected chi connectivity index (χ3v) is 2.78. The van der Waals surface area contributed by atoms with Crippen molar-refractivity contribution < 1.29 is 4.79 Å². The van der Waals surface area contributed by atoms with E-state index in [0.29, 0.717) is 23.3 Å². The van der Waals surface area contributed by atoms with E-state index >= 15 is 0 Å². The molecule has 1 aromatic rings. The summed E-state index contributed by atoms with van der Waals surface area (Å²) < 4.78 is 0. The molecule has 0 aliphatic rings. The highest BCUT2D eigenvalue weighted by atomic mass is 32.2. The van der Waals surface area contributed by atoms with Gasteiger partial charge in [-0.2, -0.15) is 0 Å². The fraction of sp³-hybridized carbons (Fsp3) is 0.300. The molecule has 0 aliphatic heterocycles. The number of amides is 1. The number of hydrogen-bond donors (Lipinski definition) is 3. The lowest BCUT2D eigenvalue weighted by Gasteiger charge is -2.10. The molecule has 1 atom stereocenters. The van der Waals surface area contributed by atoms with E-state index in [1.165, 1.54) is 17.8 Å². The zero-order chi connectivity index (χ0) is 12.8. The third kappa shape index (κ3) is 4.31. The van der Waals surface area contributed by atoms with Crippen LogP contribution >= 0.6 is 11.8 Å². The lowest BCUT2D eigenvalue weighted by molar-refractivity contribution is -0.120. The van der Waals surface area contributed by atoms with Gasteiger partial charge in [0.1, 0.15) is 11.6 Å². The van der Waals surface area contributed by atoms with Gasteiger partial charge >= 0.3 is 0 Å². The first-order valence-electron chi connectivity index (χ1n) is 4.98. The molecule has 6 nitrogen and oxygen atoms in total. The van der Waals surface area contributed by atoms with Gasteiger partial charge in [-0.25, -0.2) is 9.97 Å². The van der Waals surface area contributed by atoms with Gasteiger partial charge in [-0.3, -0.25) is 4.79 Å². The quantitative estimate of drug-likeness (QED) is 0.399. The molecule has 0 saturated carbocycles. The Labute approximate surface area is 104 Å². The van der Waals surface area contributed by atoms with E-state index in [9.17, 15) is 4.79 Å². The molecule has 1 aromatic heterocycles. The van der Waals surface area contributed by atoms with Crippen molar-refractivity contribution in [3.05, 3.63) is 18.7 Å². The molecule has 17 heavy (non-hydrogen) atoms. The van der Waals surface area contributed by atoms with Crippen LogP contribution < -0.4 is 16.8 Å². The van der Waals surface area contributed by atoms with Crippen LogP contribution in [0.25, 0.3) is 0 Å². The van der Waals surface area contributed by atoms with Gasteiger partial charge in [0.15, 0.2) is 5.16 Å². The number of thioether (sulfide) groups is 1. The van der Waals surface area contributed by atoms with Crippen LogP contribution in [0.5, 0.6) is 0 Å². The summed E-state index contributed by atoms with van der Waals surface area (Å²) in [7, 11) is 0. The third-order valence-electron chi connectivity index (χ3n) is 1.82. The lowest BCUT2D eigenvalue weighted by Crippen LogP contribution is -2.31. The fourth-order valence-corrected chi connectivity index (χ4v) is 1.87. The maximum atomic E-state index is 11.6. The minimum atomic E-state index is -0.323. The minimum Gasteiger partial charge on any atom is -0.383 e. The molecule has 0 aromatic carbocycles. The predicted octanol–water partition coefficient (Wildman–Crippen LogP) is 0.424. The molecule has 1 heterocycles. The summed E-state index contributed by atoms with van der Waals surface area (Å²) in [5, 5.41) is 2.76. The number of carbonyl (C=O) groups is 1. The average molecular weight is 253 g/mol. The Morgan fingerprint density at radius 1 is 1.59 bits per heavy atom. The molecule has 0 bridgehead atoms. The molecule has 7 heteroatoms. The molecule has 1 rings (SSSR count). The normalized spacial score (nSPS) is 11.8. The molecule has 92 valence electrons. The summed E-state index contributed by atoms with van der Waals surface area (Å²) in [6, 6.07) is 1.46. The Balaban J connectivity index is 2.63. The van der Waals surface area contributed by atoms with Crippen molar-refractivity contribution in [3.63, 3.8) is 0 Å². The van der Waals surface area contributed by atoms with E-state index in [1.54, 1.807) is 13.0 Å². The number of nitrogens with two attached hydrogens (primary N) is 2. The summed E-state index contributed by atoms with van der Waals surface area (Å²) in [6.45, 7) is 5.71. The van der Waals surface area contributed by atoms with Crippen LogP contribution in [0.15, 0.2) is 23.9 Å². The molecule has 0 aliphatic carbocycles. The van der Waals surface area contributed by atoms with E-state index in [-0.39, 0.29) is 11.2 Å². The number of anilines is 2. The van der Waals surface area contributed by atoms with Gasteiger partial charge in [0.25, 0.3) is 0 Å². The SMILES string of the molecule is C=CCNC(=O)C(C)Sc1nc(N)cc(N)n1. The summed E-state index contributed by atoms with van der Waals surface area (Å²) in [5.74, 6) is 0.469. The van der Waals surface area contributed by atoms with E-state index in [1.807, 2.05) is 0 Å². The van der Waals surface area contributed by atoms with E-state index < -0.39 is 0 Å². The Bertz CT molecular complexity index is 403. The van der Waals surface area contributed by atoms with Crippen LogP contribution in [0.1, 0.15) is 6.92 Å². The summed E-state index contributed by atoms with van der Waals surface area (Å²) in [5.41, 5.74) is 11.1. The van der Waals surface area contributed by atoms with Crippen molar-refractivity contribution in [2.24, 2.45) is 0 Å². The zero-order valence-corrected chi connectivity index (χ0v) is 10.3. The maximum absolute atomic E-state index is 11.6. The first kappa shape index (κ1) is 13.3. The van der Waals surface area contributed by atoms with Crippen LogP contribution in [-0.2, 0) is 4.79 Å². The van der Waals surface area contributed by atoms with Gasteiger partial charge in [0.2, 0.25) is 5.91 Å². The molecular formula is C10H15N5OS. The monoisotopic (exact) mass is 253 g/mol. The molecule has 1 unspecified atom stereocenters. The summed E-state index contributed by atoms with van der Waals surface area (Å²) in [6.07, 6.45) is 1.62. The fourth-order valence-electron chi connectivity index (χ4n) is 1.04. The summed E-state index contributed by atoms with van der Waals surface area (Å²) in [4.78, 5) is 19.6. The Kier molecular flexibility index (Phi) is 4.77. The molecule has 5 N–H and O–H groups in total. The predicted molar refractivity (Wildman–Crippen MR) is 69.4 cm³/mol. The van der Waals surface area contributed by atoms with Crippen LogP contribution in [0, 0.1) is 0 Å². The Hall–Kier alpha value is -1.76. The highest BCUT2D eigenvalue weighted by Crippen LogP contribution is 2.21. The van der Waals surface area contributed by atoms with E-state index in [2.05, 4.69) is 21.9 Å². The maximum Gasteiger partial charge on any atom is 0.233 e. The number of aromatic nitrogens is 2. The van der Waals surface area contributed by atoms with E-state index in [0.717, 1.165) is 0 Å². The molecule has 0 spiro atoms. The van der Waals surface area contributed by atoms with Crippen molar-refractivity contribution in [2.75, 3.05) is 18.0 Å². The molecule has 0 fully saturated rings. The van der Waals surface area contributed by atoms with Crippen LogP contribution in [-0.4, -0.2) is 27.7 Å². The number of hydrogen-bond acceptors (Lipinski definition) is 6. The topological polar surface area (TPSA) is 107 Å². The second-order valence-electron chi connectivity index (χ2n) is 3.29. The molecule has 0 radical (unpaired) electrons. The number of nitrogens with one attached hydrogen (secondary N) is 1. The zero-order valence-electron chi connectivity index (χ0n) is 9.51. The molecule has 0 saturated heterocycles. The number of carbonyl (C=O) groups excluding carboxylic acids is 1. The lowest BCUT2D eigenvalue weighted by atomic mass is 10.4. The highest BCUT2D eigenvalue weighted by Gasteiger charge is 2.15. The Morgan fingerprint density at radius 2 is 2.18 bits per heavy atom. The second kappa shape index (κ2) is 6.09. The average Bonchev–Trinajstić information content (AvgIpc) is 2.24. The number of rotatable bonds is 5. The second-order valence-corrected chi connectivity index (χ2v) is 4.60. The van der Waals surface area contributed by atoms with Crippen molar-refractivity contribution in [2.45, 2.75) is 17.3 Å². The van der Waals surface area contributed by atoms with Gasteiger partial charge in [-0.05, 0) is 6.92 Å². The molecule has 1 amide bonds. The smallest absolute Gasteiger partial charge is 0.233 e. The van der Waals surface area contributed by atoms with Crippen molar-refractivity contribution >= 4 is 29.3 Å². The molecular weight excluding hydrogens is 238 g/mol. The van der Waals surface area contributed by atoms with Crippen LogP contribution in [0.2, 0.25) is 0 Å². The van der Waals surface area contributed by atoms with Crippen molar-refractivity contribution in [3.8, 4) is 0 Å². The highest BCUT2D eigenvalue weighted by molar-refractivity contribution is 8.00. The van der Waals surface area contributed by atoms with Crippen molar-refractivity contribution in [1.82, 2.24) is 15.3 Å². The summed E-state index contributed by atoms with van der Waals surface area (Å²) >= 11 is 1.20. The Morgan fingerprint density at radius 3 is 2.71 bits per heavy atom. The van der Waals surface area contributed by atoms with Gasteiger partial charge < -0.3 is 16.8 Å². The van der Waals surface area contributed by atoms with Gasteiger partial charge in [-0.15, -0.1) is 6.58 Å². The largest absolute Gasteiger partial charge is 0.383 e. The van der Waals surface area contributed by atoms with Crippen LogP contribution in [0.4, 0.5) is 11.6 Å². The standard InChI is InChI=1S/C10H15N5OS/c1-3-4-13-9(16)6(2)17-10-14-7(11)5-8(12)15-10/h3,5-6H,1,4H2,2H3,(H,13,16)(H4,11,12,14,15). The number of nitrogens with zero attached hydrogens (tertiary/aromatic N) is 2. The van der Waals surface area contributed by atoms with E-state index in [4.69, 9.17) is 11.5 Å². The van der Waals surface area contributed by atoms with Gasteiger partial charge in [-0.1, -0.05) is 17.8 Å². The van der Waals surface area contributed by atoms with Gasteiger partial charge in [0.05, 0.1) is 5.25 Å². The first-order chi connectivity index (χ1) is 8.02. The van der Waals surface area contributed by atoms with Crippen molar-refractivity contribution in [1.29, 1.82) is 0 Å².